The maximum absolute atomic E-state index is 13.3. The number of nitrogen functional groups attached to an aromatic ring is 1. The molecule has 15 nitrogen and oxygen atoms in total. The molecule has 1 unspecified atom stereocenters. The zero-order valence-corrected chi connectivity index (χ0v) is 32.4. The van der Waals surface area contributed by atoms with Crippen molar-refractivity contribution in [3.05, 3.63) is 101 Å². The van der Waals surface area contributed by atoms with Gasteiger partial charge in [0, 0.05) is 75.1 Å². The van der Waals surface area contributed by atoms with E-state index in [4.69, 9.17) is 15.9 Å². The van der Waals surface area contributed by atoms with Gasteiger partial charge in [0.2, 0.25) is 11.8 Å². The first-order valence-corrected chi connectivity index (χ1v) is 20.2. The van der Waals surface area contributed by atoms with E-state index in [1.165, 1.54) is 18.5 Å². The third-order valence-corrected chi connectivity index (χ3v) is 12.4. The van der Waals surface area contributed by atoms with Crippen LogP contribution >= 0.6 is 0 Å². The van der Waals surface area contributed by atoms with Gasteiger partial charge in [-0.15, -0.1) is 0 Å². The van der Waals surface area contributed by atoms with Crippen LogP contribution in [-0.2, 0) is 9.59 Å². The molecule has 5 aliphatic rings. The van der Waals surface area contributed by atoms with E-state index in [0.29, 0.717) is 51.7 Å². The number of benzene rings is 3. The van der Waals surface area contributed by atoms with Crippen molar-refractivity contribution >= 4 is 46.7 Å². The average molecular weight is 801 g/mol. The first kappa shape index (κ1) is 38.3. The minimum Gasteiger partial charge on any atom is -0.457 e. The van der Waals surface area contributed by atoms with E-state index in [1.54, 1.807) is 48.5 Å². The number of hydrogen-bond acceptors (Lipinski definition) is 13. The molecule has 304 valence electrons. The van der Waals surface area contributed by atoms with E-state index in [2.05, 4.69) is 35.3 Å². The summed E-state index contributed by atoms with van der Waals surface area (Å²) < 4.78 is 19.1. The number of carbonyl (C=O) groups is 4. The quantitative estimate of drug-likeness (QED) is 0.133. The number of aromatic nitrogens is 2. The van der Waals surface area contributed by atoms with Gasteiger partial charge in [0.25, 0.3) is 11.8 Å². The summed E-state index contributed by atoms with van der Waals surface area (Å²) in [4.78, 5) is 67.6. The topological polar surface area (TPSA) is 190 Å². The molecule has 0 radical (unpaired) electrons. The summed E-state index contributed by atoms with van der Waals surface area (Å²) in [5.41, 5.74) is 9.11. The van der Waals surface area contributed by atoms with Crippen LogP contribution in [0.3, 0.4) is 0 Å². The second-order valence-electron chi connectivity index (χ2n) is 15.9. The fourth-order valence-corrected chi connectivity index (χ4v) is 9.00. The summed E-state index contributed by atoms with van der Waals surface area (Å²) in [5.74, 6) is -0.467. The van der Waals surface area contributed by atoms with Crippen LogP contribution < -0.4 is 26.0 Å². The van der Waals surface area contributed by atoms with Gasteiger partial charge in [-0.1, -0.05) is 0 Å². The van der Waals surface area contributed by atoms with Crippen LogP contribution in [-0.4, -0.2) is 117 Å². The lowest BCUT2D eigenvalue weighted by atomic mass is 9.95. The van der Waals surface area contributed by atoms with E-state index in [1.807, 2.05) is 6.07 Å². The molecule has 6 heterocycles. The van der Waals surface area contributed by atoms with Crippen molar-refractivity contribution < 1.29 is 28.3 Å². The van der Waals surface area contributed by atoms with Crippen molar-refractivity contribution in [3.63, 3.8) is 0 Å². The number of hydrogen-bond donors (Lipinski definition) is 4. The molecule has 0 aliphatic carbocycles. The highest BCUT2D eigenvalue weighted by Crippen LogP contribution is 2.34. The number of rotatable bonds is 10. The Morgan fingerprint density at radius 2 is 1.44 bits per heavy atom. The molecule has 16 heteroatoms. The number of nitrogens with one attached hydrogen (secondary N) is 3. The molecular weight excluding hydrogens is 756 g/mol. The van der Waals surface area contributed by atoms with Crippen molar-refractivity contribution in [1.82, 2.24) is 30.0 Å². The SMILES string of the molecule is N=C(c1ccc(Oc2ccc(F)cc2)cc1)c1c(N)ncnc1NC1CCN(C2CCN(C3CN(c4ccc5c(c4)C(=O)N(C4CCC(=O)NC4=O)C5=O)C3)CC2)CC1. The minimum atomic E-state index is -0.975. The Morgan fingerprint density at radius 1 is 0.797 bits per heavy atom. The predicted molar refractivity (Wildman–Crippen MR) is 217 cm³/mol. The number of fused-ring (bicyclic) bond motifs is 1. The normalized spacial score (nSPS) is 21.0. The third-order valence-electron chi connectivity index (χ3n) is 12.4. The number of nitrogens with two attached hydrogens (primary N) is 1. The number of amides is 4. The smallest absolute Gasteiger partial charge is 0.262 e. The molecule has 0 spiro atoms. The van der Waals surface area contributed by atoms with Gasteiger partial charge in [-0.2, -0.15) is 0 Å². The Bertz CT molecular complexity index is 2300. The van der Waals surface area contributed by atoms with Crippen molar-refractivity contribution in [2.24, 2.45) is 0 Å². The highest BCUT2D eigenvalue weighted by molar-refractivity contribution is 6.23. The number of likely N-dealkylation sites (tertiary alicyclic amines) is 2. The van der Waals surface area contributed by atoms with Crippen molar-refractivity contribution in [3.8, 4) is 11.5 Å². The van der Waals surface area contributed by atoms with Gasteiger partial charge in [0.1, 0.15) is 41.3 Å². The lowest BCUT2D eigenvalue weighted by molar-refractivity contribution is -0.136. The highest BCUT2D eigenvalue weighted by Gasteiger charge is 2.45. The standard InChI is InChI=1S/C43H45FN10O5/c44-26-3-8-32(9-4-26)59-31-6-1-25(2-7-31)38(45)37-39(46)47-24-48-40(37)49-27-13-17-51(18-14-27)28-15-19-52(20-16-28)30-22-53(23-30)29-5-10-33-34(21-29)43(58)54(42(33)57)35-11-12-36(55)50-41(35)56/h1-10,21,24,27-28,30,35,45H,11-20,22-23H2,(H,50,55,56)(H3,46,47,48,49). The Morgan fingerprint density at radius 3 is 2.14 bits per heavy atom. The Balaban J connectivity index is 0.739. The number of halogens is 1. The summed E-state index contributed by atoms with van der Waals surface area (Å²) >= 11 is 0. The molecule has 4 aromatic rings. The summed E-state index contributed by atoms with van der Waals surface area (Å²) in [6, 6.07) is 18.3. The van der Waals surface area contributed by atoms with Gasteiger partial charge in [-0.25, -0.2) is 14.4 Å². The minimum absolute atomic E-state index is 0.0894. The van der Waals surface area contributed by atoms with Crippen LogP contribution in [0.2, 0.25) is 0 Å². The van der Waals surface area contributed by atoms with Crippen LogP contribution in [0.5, 0.6) is 11.5 Å². The molecule has 5 aliphatic heterocycles. The molecule has 0 bridgehead atoms. The summed E-state index contributed by atoms with van der Waals surface area (Å²) in [7, 11) is 0. The zero-order chi connectivity index (χ0) is 40.8. The van der Waals surface area contributed by atoms with Crippen LogP contribution in [0.15, 0.2) is 73.1 Å². The fourth-order valence-electron chi connectivity index (χ4n) is 9.00. The van der Waals surface area contributed by atoms with Gasteiger partial charge in [-0.05, 0) is 98.8 Å². The number of piperidine rings is 3. The van der Waals surface area contributed by atoms with Crippen LogP contribution in [0.1, 0.15) is 70.4 Å². The van der Waals surface area contributed by atoms with Crippen LogP contribution in [0, 0.1) is 11.2 Å². The highest BCUT2D eigenvalue weighted by atomic mass is 19.1. The summed E-state index contributed by atoms with van der Waals surface area (Å²) in [6.45, 7) is 5.63. The fraction of sp³-hybridized carbons (Fsp3) is 0.372. The average Bonchev–Trinajstić information content (AvgIpc) is 3.47. The first-order chi connectivity index (χ1) is 28.6. The van der Waals surface area contributed by atoms with E-state index < -0.39 is 29.7 Å². The van der Waals surface area contributed by atoms with Gasteiger partial charge in [-0.3, -0.25) is 39.7 Å². The van der Waals surface area contributed by atoms with E-state index in [0.717, 1.165) is 75.5 Å². The lowest BCUT2D eigenvalue weighted by Crippen LogP contribution is -2.62. The summed E-state index contributed by atoms with van der Waals surface area (Å²) in [6.07, 6.45) is 5.71. The summed E-state index contributed by atoms with van der Waals surface area (Å²) in [5, 5.41) is 14.8. The second-order valence-corrected chi connectivity index (χ2v) is 15.9. The first-order valence-electron chi connectivity index (χ1n) is 20.2. The predicted octanol–water partition coefficient (Wildman–Crippen LogP) is 4.04. The van der Waals surface area contributed by atoms with Gasteiger partial charge < -0.3 is 25.6 Å². The van der Waals surface area contributed by atoms with Gasteiger partial charge in [0.15, 0.2) is 0 Å². The lowest BCUT2D eigenvalue weighted by Gasteiger charge is -2.50. The second kappa shape index (κ2) is 15.8. The molecular formula is C43H45FN10O5. The largest absolute Gasteiger partial charge is 0.457 e. The monoisotopic (exact) mass is 800 g/mol. The van der Waals surface area contributed by atoms with Gasteiger partial charge >= 0.3 is 0 Å². The molecule has 4 amide bonds. The zero-order valence-electron chi connectivity index (χ0n) is 32.4. The molecule has 0 saturated carbocycles. The Hall–Kier alpha value is -6.26. The molecule has 5 N–H and O–H groups in total. The molecule has 4 fully saturated rings. The molecule has 4 saturated heterocycles. The van der Waals surface area contributed by atoms with Crippen molar-refractivity contribution in [2.75, 3.05) is 55.2 Å². The molecule has 3 aromatic carbocycles. The maximum atomic E-state index is 13.3. The van der Waals surface area contributed by atoms with E-state index >= 15 is 0 Å². The van der Waals surface area contributed by atoms with E-state index in [-0.39, 0.29) is 36.2 Å². The van der Waals surface area contributed by atoms with Crippen molar-refractivity contribution in [1.29, 1.82) is 5.41 Å². The molecule has 9 rings (SSSR count). The maximum Gasteiger partial charge on any atom is 0.262 e. The number of anilines is 3. The van der Waals surface area contributed by atoms with Crippen LogP contribution in [0.25, 0.3) is 0 Å². The number of nitrogens with zero attached hydrogens (tertiary/aromatic N) is 6. The Labute approximate surface area is 340 Å². The van der Waals surface area contributed by atoms with Crippen molar-refractivity contribution in [2.45, 2.75) is 62.7 Å². The molecule has 1 atom stereocenters. The number of ether oxygens (including phenoxy) is 1. The molecule has 1 aromatic heterocycles. The molecule has 59 heavy (non-hydrogen) atoms. The van der Waals surface area contributed by atoms with E-state index in [9.17, 15) is 23.6 Å². The third kappa shape index (κ3) is 7.60. The number of imide groups is 2. The van der Waals surface area contributed by atoms with Gasteiger partial charge in [0.05, 0.1) is 22.4 Å². The van der Waals surface area contributed by atoms with Crippen LogP contribution in [0.4, 0.5) is 21.7 Å². The Kier molecular flexibility index (Phi) is 10.3. The number of carbonyl (C=O) groups excluding carboxylic acids is 4.